The summed E-state index contributed by atoms with van der Waals surface area (Å²) < 4.78 is 30.6. The van der Waals surface area contributed by atoms with Gasteiger partial charge in [-0.2, -0.15) is 8.78 Å². The number of carbonyl (C=O) groups is 1. The smallest absolute Gasteiger partial charge is 0.387 e. The van der Waals surface area contributed by atoms with Crippen molar-refractivity contribution in [3.8, 4) is 11.6 Å². The first-order valence-corrected chi connectivity index (χ1v) is 8.39. The summed E-state index contributed by atoms with van der Waals surface area (Å²) in [5, 5.41) is 8.29. The zero-order valence-electron chi connectivity index (χ0n) is 14.7. The quantitative estimate of drug-likeness (QED) is 0.516. The van der Waals surface area contributed by atoms with Gasteiger partial charge in [-0.25, -0.2) is 14.8 Å². The lowest BCUT2D eigenvalue weighted by molar-refractivity contribution is -0.0497. The third-order valence-corrected chi connectivity index (χ3v) is 3.56. The summed E-state index contributed by atoms with van der Waals surface area (Å²) >= 11 is 0. The average molecular weight is 388 g/mol. The second-order valence-electron chi connectivity index (χ2n) is 5.57. The van der Waals surface area contributed by atoms with E-state index >= 15 is 0 Å². The Morgan fingerprint density at radius 2 is 1.93 bits per heavy atom. The monoisotopic (exact) mass is 388 g/mol. The number of alkyl halides is 2. The van der Waals surface area contributed by atoms with Crippen LogP contribution in [0.15, 0.2) is 61.2 Å². The fraction of sp³-hybridized carbons (Fsp3) is 0.167. The molecule has 28 heavy (non-hydrogen) atoms. The van der Waals surface area contributed by atoms with E-state index < -0.39 is 12.6 Å². The highest BCUT2D eigenvalue weighted by Crippen LogP contribution is 2.19. The van der Waals surface area contributed by atoms with Crippen LogP contribution in [0.1, 0.15) is 0 Å². The molecule has 0 fully saturated rings. The molecular weight excluding hydrogens is 370 g/mol. The van der Waals surface area contributed by atoms with Crippen LogP contribution in [0.5, 0.6) is 5.75 Å². The molecule has 0 atom stereocenters. The number of nitrogens with one attached hydrogen (secondary N) is 3. The van der Waals surface area contributed by atoms with Crippen LogP contribution in [-0.2, 0) is 0 Å². The lowest BCUT2D eigenvalue weighted by Gasteiger charge is -2.10. The number of halogens is 2. The first-order valence-electron chi connectivity index (χ1n) is 8.39. The highest BCUT2D eigenvalue weighted by atomic mass is 19.3. The SMILES string of the molecule is O=C(NCCNc1cc(-n2cccc2)ncn1)Nc1cccc(OC(F)F)c1. The van der Waals surface area contributed by atoms with E-state index in [-0.39, 0.29) is 5.75 Å². The number of carbonyl (C=O) groups excluding carboxylic acids is 1. The van der Waals surface area contributed by atoms with Crippen LogP contribution in [0.2, 0.25) is 0 Å². The van der Waals surface area contributed by atoms with Gasteiger partial charge in [0.05, 0.1) is 0 Å². The highest BCUT2D eigenvalue weighted by molar-refractivity contribution is 5.89. The Morgan fingerprint density at radius 3 is 2.71 bits per heavy atom. The van der Waals surface area contributed by atoms with E-state index in [2.05, 4.69) is 30.7 Å². The topological polar surface area (TPSA) is 93.1 Å². The maximum atomic E-state index is 12.2. The molecule has 3 rings (SSSR count). The van der Waals surface area contributed by atoms with Gasteiger partial charge >= 0.3 is 12.6 Å². The normalized spacial score (nSPS) is 10.5. The minimum absolute atomic E-state index is 0.0308. The van der Waals surface area contributed by atoms with Crippen molar-refractivity contribution in [3.63, 3.8) is 0 Å². The van der Waals surface area contributed by atoms with Gasteiger partial charge in [-0.15, -0.1) is 0 Å². The molecule has 2 amide bonds. The predicted molar refractivity (Wildman–Crippen MR) is 99.9 cm³/mol. The molecule has 8 nitrogen and oxygen atoms in total. The second kappa shape index (κ2) is 9.31. The number of hydrogen-bond acceptors (Lipinski definition) is 5. The summed E-state index contributed by atoms with van der Waals surface area (Å²) in [5.74, 6) is 1.31. The summed E-state index contributed by atoms with van der Waals surface area (Å²) in [7, 11) is 0. The number of benzene rings is 1. The van der Waals surface area contributed by atoms with Gasteiger partial charge in [-0.3, -0.25) is 0 Å². The van der Waals surface area contributed by atoms with Crippen molar-refractivity contribution in [1.29, 1.82) is 0 Å². The molecule has 2 heterocycles. The van der Waals surface area contributed by atoms with Crippen LogP contribution >= 0.6 is 0 Å². The van der Waals surface area contributed by atoms with Gasteiger partial charge in [0.15, 0.2) is 0 Å². The van der Waals surface area contributed by atoms with E-state index in [1.807, 2.05) is 29.1 Å². The summed E-state index contributed by atoms with van der Waals surface area (Å²) in [6.07, 6.45) is 5.20. The van der Waals surface area contributed by atoms with E-state index in [1.54, 1.807) is 12.1 Å². The van der Waals surface area contributed by atoms with Crippen molar-refractivity contribution in [3.05, 3.63) is 61.2 Å². The van der Waals surface area contributed by atoms with E-state index in [0.717, 1.165) is 5.82 Å². The Morgan fingerprint density at radius 1 is 1.11 bits per heavy atom. The minimum atomic E-state index is -2.92. The summed E-state index contributed by atoms with van der Waals surface area (Å²) in [5.41, 5.74) is 0.343. The number of urea groups is 1. The lowest BCUT2D eigenvalue weighted by Crippen LogP contribution is -2.32. The summed E-state index contributed by atoms with van der Waals surface area (Å²) in [6.45, 7) is -2.17. The van der Waals surface area contributed by atoms with Crippen molar-refractivity contribution >= 4 is 17.5 Å². The molecule has 0 aliphatic heterocycles. The first kappa shape index (κ1) is 19.1. The van der Waals surface area contributed by atoms with Gasteiger partial charge in [-0.05, 0) is 24.3 Å². The van der Waals surface area contributed by atoms with E-state index in [4.69, 9.17) is 0 Å². The third-order valence-electron chi connectivity index (χ3n) is 3.56. The van der Waals surface area contributed by atoms with Crippen LogP contribution < -0.4 is 20.7 Å². The summed E-state index contributed by atoms with van der Waals surface area (Å²) in [6, 6.07) is 10.9. The molecule has 0 aliphatic rings. The van der Waals surface area contributed by atoms with Gasteiger partial charge in [0.2, 0.25) is 0 Å². The molecular formula is C18H18F2N6O2. The van der Waals surface area contributed by atoms with Crippen molar-refractivity contribution < 1.29 is 18.3 Å². The van der Waals surface area contributed by atoms with Gasteiger partial charge in [-0.1, -0.05) is 6.07 Å². The van der Waals surface area contributed by atoms with E-state index in [9.17, 15) is 13.6 Å². The maximum absolute atomic E-state index is 12.2. The molecule has 0 saturated heterocycles. The molecule has 0 radical (unpaired) electrons. The number of amides is 2. The molecule has 1 aromatic carbocycles. The molecule has 10 heteroatoms. The van der Waals surface area contributed by atoms with Gasteiger partial charge in [0, 0.05) is 43.3 Å². The Hall–Kier alpha value is -3.69. The largest absolute Gasteiger partial charge is 0.435 e. The number of ether oxygens (including phenoxy) is 1. The number of anilines is 2. The standard InChI is InChI=1S/C18H18F2N6O2/c19-17(20)28-14-5-3-4-13(10-14)25-18(27)22-7-6-21-15-11-16(24-12-23-15)26-8-1-2-9-26/h1-5,8-12,17H,6-7H2,(H,21,23,24)(H2,22,25,27). The van der Waals surface area contributed by atoms with Crippen LogP contribution in [0.25, 0.3) is 5.82 Å². The Bertz CT molecular complexity index is 905. The molecule has 0 bridgehead atoms. The summed E-state index contributed by atoms with van der Waals surface area (Å²) in [4.78, 5) is 20.2. The van der Waals surface area contributed by atoms with Crippen LogP contribution in [-0.4, -0.2) is 40.3 Å². The third kappa shape index (κ3) is 5.66. The van der Waals surface area contributed by atoms with Crippen molar-refractivity contribution in [2.45, 2.75) is 6.61 Å². The van der Waals surface area contributed by atoms with Crippen molar-refractivity contribution in [1.82, 2.24) is 19.9 Å². The molecule has 0 saturated carbocycles. The molecule has 146 valence electrons. The van der Waals surface area contributed by atoms with Crippen molar-refractivity contribution in [2.75, 3.05) is 23.7 Å². The first-order chi connectivity index (χ1) is 13.6. The van der Waals surface area contributed by atoms with E-state index in [1.165, 1.54) is 24.5 Å². The van der Waals surface area contributed by atoms with Crippen LogP contribution in [0, 0.1) is 0 Å². The second-order valence-corrected chi connectivity index (χ2v) is 5.57. The maximum Gasteiger partial charge on any atom is 0.387 e. The number of hydrogen-bond donors (Lipinski definition) is 3. The molecule has 3 aromatic rings. The number of rotatable bonds is 8. The van der Waals surface area contributed by atoms with Gasteiger partial charge < -0.3 is 25.3 Å². The zero-order valence-corrected chi connectivity index (χ0v) is 14.7. The lowest BCUT2D eigenvalue weighted by atomic mass is 10.3. The fourth-order valence-corrected chi connectivity index (χ4v) is 2.36. The predicted octanol–water partition coefficient (Wildman–Crippen LogP) is 3.10. The van der Waals surface area contributed by atoms with Crippen LogP contribution in [0.4, 0.5) is 25.1 Å². The van der Waals surface area contributed by atoms with E-state index in [0.29, 0.717) is 24.6 Å². The molecule has 0 spiro atoms. The Labute approximate surface area is 159 Å². The average Bonchev–Trinajstić information content (AvgIpc) is 3.20. The zero-order chi connectivity index (χ0) is 19.8. The van der Waals surface area contributed by atoms with Crippen LogP contribution in [0.3, 0.4) is 0 Å². The van der Waals surface area contributed by atoms with Gasteiger partial charge in [0.25, 0.3) is 0 Å². The highest BCUT2D eigenvalue weighted by Gasteiger charge is 2.06. The van der Waals surface area contributed by atoms with Gasteiger partial charge in [0.1, 0.15) is 23.7 Å². The molecule has 3 N–H and O–H groups in total. The number of aromatic nitrogens is 3. The number of nitrogens with zero attached hydrogens (tertiary/aromatic N) is 3. The Balaban J connectivity index is 1.43. The Kier molecular flexibility index (Phi) is 6.34. The molecule has 0 aliphatic carbocycles. The fourth-order valence-electron chi connectivity index (χ4n) is 2.36. The van der Waals surface area contributed by atoms with Crippen molar-refractivity contribution in [2.24, 2.45) is 0 Å². The minimum Gasteiger partial charge on any atom is -0.435 e. The molecule has 2 aromatic heterocycles. The molecule has 0 unspecified atom stereocenters.